The summed E-state index contributed by atoms with van der Waals surface area (Å²) in [6.07, 6.45) is 4.61. The molecule has 1 aromatic heterocycles. The highest BCUT2D eigenvalue weighted by molar-refractivity contribution is 5.98. The van der Waals surface area contributed by atoms with Crippen LogP contribution in [0.15, 0.2) is 24.3 Å². The lowest BCUT2D eigenvalue weighted by atomic mass is 10.1. The van der Waals surface area contributed by atoms with Crippen molar-refractivity contribution in [3.05, 3.63) is 30.0 Å². The van der Waals surface area contributed by atoms with Crippen LogP contribution >= 0.6 is 0 Å². The summed E-state index contributed by atoms with van der Waals surface area (Å²) >= 11 is 0. The summed E-state index contributed by atoms with van der Waals surface area (Å²) in [6.45, 7) is 6.69. The average Bonchev–Trinajstić information content (AvgIpc) is 3.31. The van der Waals surface area contributed by atoms with Crippen LogP contribution in [0.3, 0.4) is 0 Å². The third-order valence-corrected chi connectivity index (χ3v) is 5.26. The Bertz CT molecular complexity index is 755. The molecule has 1 amide bonds. The highest BCUT2D eigenvalue weighted by Gasteiger charge is 2.25. The Morgan fingerprint density at radius 2 is 1.96 bits per heavy atom. The molecule has 2 N–H and O–H groups in total. The molecule has 0 bridgehead atoms. The maximum absolute atomic E-state index is 12.2. The van der Waals surface area contributed by atoms with E-state index in [0.717, 1.165) is 55.4 Å². The van der Waals surface area contributed by atoms with Crippen molar-refractivity contribution in [3.63, 3.8) is 0 Å². The van der Waals surface area contributed by atoms with E-state index in [0.29, 0.717) is 17.8 Å². The number of aromatic amines is 1. The molecule has 1 aliphatic carbocycles. The summed E-state index contributed by atoms with van der Waals surface area (Å²) in [5.74, 6) is 0.880. The van der Waals surface area contributed by atoms with Crippen molar-refractivity contribution in [2.75, 3.05) is 13.1 Å². The molecule has 134 valence electrons. The van der Waals surface area contributed by atoms with Crippen molar-refractivity contribution in [2.24, 2.45) is 0 Å². The lowest BCUT2D eigenvalue weighted by Gasteiger charge is -2.34. The van der Waals surface area contributed by atoms with Gasteiger partial charge in [-0.1, -0.05) is 0 Å². The minimum absolute atomic E-state index is 0.0118. The molecule has 2 aliphatic rings. The Morgan fingerprint density at radius 3 is 2.64 bits per heavy atom. The maximum Gasteiger partial charge on any atom is 0.267 e. The van der Waals surface area contributed by atoms with Crippen LogP contribution in [-0.4, -0.2) is 47.1 Å². The molecule has 2 heterocycles. The van der Waals surface area contributed by atoms with Gasteiger partial charge < -0.3 is 19.9 Å². The molecule has 1 aliphatic heterocycles. The first kappa shape index (κ1) is 16.5. The van der Waals surface area contributed by atoms with Gasteiger partial charge in [-0.05, 0) is 63.8 Å². The number of carbonyl (C=O) groups excluding carboxylic acids is 1. The van der Waals surface area contributed by atoms with Crippen LogP contribution < -0.4 is 10.1 Å². The second-order valence-electron chi connectivity index (χ2n) is 7.63. The van der Waals surface area contributed by atoms with Gasteiger partial charge >= 0.3 is 0 Å². The minimum Gasteiger partial charge on any atom is -0.490 e. The third-order valence-electron chi connectivity index (χ3n) is 5.26. The van der Waals surface area contributed by atoms with Gasteiger partial charge in [-0.3, -0.25) is 4.79 Å². The molecule has 2 fully saturated rings. The zero-order chi connectivity index (χ0) is 17.4. The number of fused-ring (bicyclic) bond motifs is 1. The summed E-state index contributed by atoms with van der Waals surface area (Å²) in [5.41, 5.74) is 1.60. The molecule has 0 spiro atoms. The van der Waals surface area contributed by atoms with E-state index >= 15 is 0 Å². The fraction of sp³-hybridized carbons (Fsp3) is 0.550. The molecule has 4 rings (SSSR count). The van der Waals surface area contributed by atoms with Crippen LogP contribution in [0.4, 0.5) is 0 Å². The van der Waals surface area contributed by atoms with Gasteiger partial charge in [0.05, 0.1) is 0 Å². The Kier molecular flexibility index (Phi) is 4.42. The predicted molar refractivity (Wildman–Crippen MR) is 99.1 cm³/mol. The second-order valence-corrected chi connectivity index (χ2v) is 7.63. The number of ether oxygens (including phenoxy) is 1. The quantitative estimate of drug-likeness (QED) is 0.877. The molecule has 1 saturated carbocycles. The Labute approximate surface area is 148 Å². The van der Waals surface area contributed by atoms with E-state index in [2.05, 4.69) is 29.0 Å². The second kappa shape index (κ2) is 6.71. The smallest absolute Gasteiger partial charge is 0.267 e. The van der Waals surface area contributed by atoms with Crippen molar-refractivity contribution >= 4 is 16.8 Å². The molecule has 0 atom stereocenters. The van der Waals surface area contributed by atoms with Gasteiger partial charge in [0, 0.05) is 36.1 Å². The van der Waals surface area contributed by atoms with Crippen molar-refractivity contribution in [1.82, 2.24) is 15.2 Å². The molecule has 5 nitrogen and oxygen atoms in total. The number of carbonyl (C=O) groups is 1. The number of aromatic nitrogens is 1. The first-order valence-electron chi connectivity index (χ1n) is 9.43. The van der Waals surface area contributed by atoms with Crippen molar-refractivity contribution in [2.45, 2.75) is 57.7 Å². The van der Waals surface area contributed by atoms with Crippen LogP contribution in [0.5, 0.6) is 5.75 Å². The summed E-state index contributed by atoms with van der Waals surface area (Å²) in [6, 6.07) is 8.93. The van der Waals surface area contributed by atoms with Gasteiger partial charge in [0.2, 0.25) is 0 Å². The maximum atomic E-state index is 12.2. The number of nitrogens with zero attached hydrogens (tertiary/aromatic N) is 1. The molecule has 0 unspecified atom stereocenters. The summed E-state index contributed by atoms with van der Waals surface area (Å²) < 4.78 is 6.19. The van der Waals surface area contributed by atoms with Crippen LogP contribution in [-0.2, 0) is 0 Å². The van der Waals surface area contributed by atoms with E-state index in [1.807, 2.05) is 24.3 Å². The highest BCUT2D eigenvalue weighted by atomic mass is 16.5. The zero-order valence-corrected chi connectivity index (χ0v) is 15.0. The lowest BCUT2D eigenvalue weighted by Crippen LogP contribution is -2.41. The van der Waals surface area contributed by atoms with Crippen molar-refractivity contribution < 1.29 is 9.53 Å². The Balaban J connectivity index is 1.41. The molecule has 25 heavy (non-hydrogen) atoms. The number of rotatable bonds is 5. The van der Waals surface area contributed by atoms with E-state index in [4.69, 9.17) is 4.74 Å². The molecular weight excluding hydrogens is 314 g/mol. The molecule has 2 aromatic rings. The zero-order valence-electron chi connectivity index (χ0n) is 15.0. The fourth-order valence-corrected chi connectivity index (χ4v) is 3.50. The van der Waals surface area contributed by atoms with Gasteiger partial charge in [0.25, 0.3) is 5.91 Å². The predicted octanol–water partition coefficient (Wildman–Crippen LogP) is 3.31. The van der Waals surface area contributed by atoms with E-state index in [1.165, 1.54) is 0 Å². The molecule has 5 heteroatoms. The average molecular weight is 341 g/mol. The van der Waals surface area contributed by atoms with Gasteiger partial charge in [-0.2, -0.15) is 0 Å². The first-order chi connectivity index (χ1) is 12.1. The van der Waals surface area contributed by atoms with Crippen molar-refractivity contribution in [3.8, 4) is 5.75 Å². The number of benzene rings is 1. The van der Waals surface area contributed by atoms with Crippen LogP contribution in [0.1, 0.15) is 50.0 Å². The van der Waals surface area contributed by atoms with Gasteiger partial charge in [0.15, 0.2) is 0 Å². The SMILES string of the molecule is CC(C)N1CCC(Oc2ccc3[nH]c(C(=O)NC4CC4)cc3c2)CC1. The highest BCUT2D eigenvalue weighted by Crippen LogP contribution is 2.26. The number of amides is 1. The first-order valence-corrected chi connectivity index (χ1v) is 9.43. The third kappa shape index (κ3) is 3.82. The summed E-state index contributed by atoms with van der Waals surface area (Å²) in [5, 5.41) is 4.04. The van der Waals surface area contributed by atoms with E-state index in [-0.39, 0.29) is 12.0 Å². The van der Waals surface area contributed by atoms with Crippen LogP contribution in [0.2, 0.25) is 0 Å². The molecule has 1 aromatic carbocycles. The standard InChI is InChI=1S/C20H27N3O2/c1-13(2)23-9-7-16(8-10-23)25-17-5-6-18-14(11-17)12-19(22-18)20(24)21-15-3-4-15/h5-6,11-13,15-16,22H,3-4,7-10H2,1-2H3,(H,21,24). The van der Waals surface area contributed by atoms with E-state index < -0.39 is 0 Å². The molecule has 1 saturated heterocycles. The number of hydrogen-bond acceptors (Lipinski definition) is 3. The Hall–Kier alpha value is -2.01. The number of hydrogen-bond donors (Lipinski definition) is 2. The monoisotopic (exact) mass is 341 g/mol. The van der Waals surface area contributed by atoms with Gasteiger partial charge in [-0.25, -0.2) is 0 Å². The Morgan fingerprint density at radius 1 is 1.20 bits per heavy atom. The lowest BCUT2D eigenvalue weighted by molar-refractivity contribution is 0.0844. The molecule has 0 radical (unpaired) electrons. The van der Waals surface area contributed by atoms with Gasteiger partial charge in [0.1, 0.15) is 17.5 Å². The minimum atomic E-state index is -0.0118. The normalized spacial score (nSPS) is 19.5. The van der Waals surface area contributed by atoms with Gasteiger partial charge in [-0.15, -0.1) is 0 Å². The largest absolute Gasteiger partial charge is 0.490 e. The number of piperidine rings is 1. The number of likely N-dealkylation sites (tertiary alicyclic amines) is 1. The van der Waals surface area contributed by atoms with Crippen molar-refractivity contribution in [1.29, 1.82) is 0 Å². The molecular formula is C20H27N3O2. The van der Waals surface area contributed by atoms with E-state index in [9.17, 15) is 4.79 Å². The van der Waals surface area contributed by atoms with Crippen LogP contribution in [0, 0.1) is 0 Å². The number of nitrogens with one attached hydrogen (secondary N) is 2. The number of H-pyrrole nitrogens is 1. The summed E-state index contributed by atoms with van der Waals surface area (Å²) in [4.78, 5) is 17.9. The fourth-order valence-electron chi connectivity index (χ4n) is 3.50. The topological polar surface area (TPSA) is 57.4 Å². The van der Waals surface area contributed by atoms with E-state index in [1.54, 1.807) is 0 Å². The summed E-state index contributed by atoms with van der Waals surface area (Å²) in [7, 11) is 0. The van der Waals surface area contributed by atoms with Crippen LogP contribution in [0.25, 0.3) is 10.9 Å².